The van der Waals surface area contributed by atoms with Gasteiger partial charge in [0, 0.05) is 25.3 Å². The summed E-state index contributed by atoms with van der Waals surface area (Å²) in [5.74, 6) is 1.39. The molecule has 1 atom stereocenters. The maximum Gasteiger partial charge on any atom is 0.190 e. The van der Waals surface area contributed by atoms with Gasteiger partial charge in [0.1, 0.15) is 5.75 Å². The predicted octanol–water partition coefficient (Wildman–Crippen LogP) is 2.26. The average Bonchev–Trinajstić information content (AvgIpc) is 2.48. The molecule has 74 valence electrons. The molecule has 2 rings (SSSR count). The van der Waals surface area contributed by atoms with Crippen molar-refractivity contribution in [1.82, 2.24) is 4.98 Å². The van der Waals surface area contributed by atoms with Gasteiger partial charge in [-0.3, -0.25) is 0 Å². The first-order valence-electron chi connectivity index (χ1n) is 4.47. The van der Waals surface area contributed by atoms with E-state index in [9.17, 15) is 0 Å². The largest absolute Gasteiger partial charge is 0.469 e. The zero-order valence-electron chi connectivity index (χ0n) is 8.15. The standard InChI is InChI=1S/C10H12N2O2/c1-7-11-5-3-10-9(4-6-13-7)12-8(2)14-10/h3-6,8,12H,1-2H3. The molecule has 14 heavy (non-hydrogen) atoms. The molecule has 0 aliphatic carbocycles. The van der Waals surface area contributed by atoms with E-state index in [1.807, 2.05) is 19.1 Å². The van der Waals surface area contributed by atoms with Crippen molar-refractivity contribution in [3.8, 4) is 5.75 Å². The molecule has 4 heteroatoms. The molecule has 2 heterocycles. The summed E-state index contributed by atoms with van der Waals surface area (Å²) in [6, 6.07) is 3.64. The molecule has 0 saturated carbocycles. The second-order valence-corrected chi connectivity index (χ2v) is 3.07. The zero-order chi connectivity index (χ0) is 9.97. The molecular weight excluding hydrogens is 180 g/mol. The number of aromatic nitrogens is 1. The smallest absolute Gasteiger partial charge is 0.190 e. The van der Waals surface area contributed by atoms with Crippen molar-refractivity contribution < 1.29 is 9.15 Å². The molecular formula is C10H12N2O2. The summed E-state index contributed by atoms with van der Waals surface area (Å²) >= 11 is 0. The van der Waals surface area contributed by atoms with Gasteiger partial charge < -0.3 is 14.5 Å². The Morgan fingerprint density at radius 1 is 1.43 bits per heavy atom. The molecule has 0 aromatic carbocycles. The summed E-state index contributed by atoms with van der Waals surface area (Å²) in [6.45, 7) is 3.73. The quantitative estimate of drug-likeness (QED) is 0.684. The number of hydrogen-bond acceptors (Lipinski definition) is 4. The van der Waals surface area contributed by atoms with Crippen molar-refractivity contribution in [2.24, 2.45) is 0 Å². The lowest BCUT2D eigenvalue weighted by Crippen LogP contribution is -2.13. The first-order valence-corrected chi connectivity index (χ1v) is 4.47. The minimum Gasteiger partial charge on any atom is -0.469 e. The number of nitrogens with one attached hydrogen (secondary N) is 1. The van der Waals surface area contributed by atoms with E-state index in [4.69, 9.17) is 9.15 Å². The van der Waals surface area contributed by atoms with Crippen molar-refractivity contribution in [3.63, 3.8) is 0 Å². The van der Waals surface area contributed by atoms with Crippen LogP contribution in [0.25, 0.3) is 0 Å². The van der Waals surface area contributed by atoms with Crippen LogP contribution >= 0.6 is 0 Å². The van der Waals surface area contributed by atoms with Crippen LogP contribution in [-0.4, -0.2) is 11.2 Å². The fourth-order valence-electron chi connectivity index (χ4n) is 1.27. The fourth-order valence-corrected chi connectivity index (χ4v) is 1.27. The van der Waals surface area contributed by atoms with Gasteiger partial charge in [0.05, 0.1) is 12.0 Å². The van der Waals surface area contributed by atoms with E-state index in [2.05, 4.69) is 10.3 Å². The van der Waals surface area contributed by atoms with Crippen LogP contribution < -0.4 is 10.1 Å². The fraction of sp³-hybridized carbons (Fsp3) is 0.300. The van der Waals surface area contributed by atoms with Gasteiger partial charge in [0.2, 0.25) is 0 Å². The van der Waals surface area contributed by atoms with E-state index >= 15 is 0 Å². The summed E-state index contributed by atoms with van der Waals surface area (Å²) in [6.07, 6.45) is 3.26. The Morgan fingerprint density at radius 2 is 2.29 bits per heavy atom. The molecule has 1 aromatic rings. The number of hydrogen-bond donors (Lipinski definition) is 1. The first-order chi connectivity index (χ1) is 6.75. The Balaban J connectivity index is 2.51. The second-order valence-electron chi connectivity index (χ2n) is 3.07. The van der Waals surface area contributed by atoms with E-state index in [0.29, 0.717) is 5.89 Å². The monoisotopic (exact) mass is 192 g/mol. The van der Waals surface area contributed by atoms with Gasteiger partial charge in [-0.05, 0) is 6.92 Å². The van der Waals surface area contributed by atoms with Crippen LogP contribution in [0.2, 0.25) is 0 Å². The molecule has 1 N–H and O–H groups in total. The van der Waals surface area contributed by atoms with Crippen LogP contribution in [-0.2, 0) is 0 Å². The molecule has 1 aliphatic rings. The lowest BCUT2D eigenvalue weighted by atomic mass is 10.4. The van der Waals surface area contributed by atoms with E-state index in [-0.39, 0.29) is 6.23 Å². The van der Waals surface area contributed by atoms with Crippen molar-refractivity contribution in [2.45, 2.75) is 20.1 Å². The molecule has 0 amide bonds. The van der Waals surface area contributed by atoms with Crippen molar-refractivity contribution >= 4 is 5.69 Å². The summed E-state index contributed by atoms with van der Waals surface area (Å²) in [5, 5.41) is 3.15. The zero-order valence-corrected chi connectivity index (χ0v) is 8.15. The number of ether oxygens (including phenoxy) is 1. The van der Waals surface area contributed by atoms with Crippen molar-refractivity contribution in [3.05, 3.63) is 30.5 Å². The van der Waals surface area contributed by atoms with Crippen LogP contribution in [0.5, 0.6) is 5.75 Å². The van der Waals surface area contributed by atoms with E-state index < -0.39 is 0 Å². The van der Waals surface area contributed by atoms with Crippen LogP contribution in [0.3, 0.4) is 0 Å². The number of anilines is 1. The normalized spacial score (nSPS) is 17.7. The highest BCUT2D eigenvalue weighted by atomic mass is 16.5. The number of nitrogens with zero attached hydrogens (tertiary/aromatic N) is 1. The third kappa shape index (κ3) is 1.79. The van der Waals surface area contributed by atoms with Crippen LogP contribution in [0, 0.1) is 6.92 Å². The third-order valence-electron chi connectivity index (χ3n) is 1.88. The van der Waals surface area contributed by atoms with E-state index in [0.717, 1.165) is 11.4 Å². The highest BCUT2D eigenvalue weighted by molar-refractivity contribution is 5.57. The molecule has 1 aromatic heterocycles. The van der Waals surface area contributed by atoms with Gasteiger partial charge in [0.15, 0.2) is 12.1 Å². The number of fused-ring (bicyclic) bond motifs is 1. The SMILES string of the molecule is Cc1nccc2c(cco1)NC(C)O2. The number of rotatable bonds is 0. The van der Waals surface area contributed by atoms with Crippen LogP contribution in [0.1, 0.15) is 12.8 Å². The van der Waals surface area contributed by atoms with Crippen molar-refractivity contribution in [2.75, 3.05) is 5.32 Å². The molecule has 0 bridgehead atoms. The molecule has 1 unspecified atom stereocenters. The molecule has 1 aliphatic heterocycles. The lowest BCUT2D eigenvalue weighted by molar-refractivity contribution is 0.275. The van der Waals surface area contributed by atoms with Gasteiger partial charge in [-0.15, -0.1) is 0 Å². The molecule has 4 nitrogen and oxygen atoms in total. The highest BCUT2D eigenvalue weighted by Gasteiger charge is 2.14. The van der Waals surface area contributed by atoms with Gasteiger partial charge in [-0.25, -0.2) is 4.98 Å². The van der Waals surface area contributed by atoms with Gasteiger partial charge >= 0.3 is 0 Å². The highest BCUT2D eigenvalue weighted by Crippen LogP contribution is 2.28. The van der Waals surface area contributed by atoms with Gasteiger partial charge in [0.25, 0.3) is 0 Å². The van der Waals surface area contributed by atoms with Crippen molar-refractivity contribution in [1.29, 1.82) is 0 Å². The first kappa shape index (κ1) is 8.87. The topological polar surface area (TPSA) is 47.3 Å². The summed E-state index contributed by atoms with van der Waals surface area (Å²) in [7, 11) is 0. The van der Waals surface area contributed by atoms with Gasteiger partial charge in [-0.1, -0.05) is 0 Å². The van der Waals surface area contributed by atoms with E-state index in [1.165, 1.54) is 0 Å². The summed E-state index contributed by atoms with van der Waals surface area (Å²) in [4.78, 5) is 4.05. The maximum absolute atomic E-state index is 5.50. The Bertz CT molecular complexity index is 352. The van der Waals surface area contributed by atoms with Crippen LogP contribution in [0.15, 0.2) is 29.0 Å². The lowest BCUT2D eigenvalue weighted by Gasteiger charge is -2.01. The summed E-state index contributed by atoms with van der Waals surface area (Å²) in [5.41, 5.74) is 0.915. The summed E-state index contributed by atoms with van der Waals surface area (Å²) < 4.78 is 10.7. The minimum absolute atomic E-state index is 0.00111. The molecule has 0 fully saturated rings. The molecule has 0 radical (unpaired) electrons. The Kier molecular flexibility index (Phi) is 2.26. The second kappa shape index (κ2) is 3.57. The Labute approximate surface area is 82.2 Å². The maximum atomic E-state index is 5.50. The average molecular weight is 192 g/mol. The molecule has 0 saturated heterocycles. The van der Waals surface area contributed by atoms with Gasteiger partial charge in [-0.2, -0.15) is 0 Å². The minimum atomic E-state index is -0.00111. The van der Waals surface area contributed by atoms with E-state index in [1.54, 1.807) is 19.4 Å². The Morgan fingerprint density at radius 3 is 3.14 bits per heavy atom. The van der Waals surface area contributed by atoms with Crippen LogP contribution in [0.4, 0.5) is 5.69 Å². The molecule has 0 spiro atoms. The predicted molar refractivity (Wildman–Crippen MR) is 52.6 cm³/mol. The third-order valence-corrected chi connectivity index (χ3v) is 1.88. The number of aryl methyl sites for hydroxylation is 1. The Hall–Kier alpha value is -1.71.